The maximum Gasteiger partial charge on any atom is 0.224 e. The third-order valence-corrected chi connectivity index (χ3v) is 6.84. The van der Waals surface area contributed by atoms with E-state index in [-0.39, 0.29) is 5.82 Å². The molecule has 3 aromatic carbocycles. The van der Waals surface area contributed by atoms with Gasteiger partial charge >= 0.3 is 0 Å². The minimum Gasteiger partial charge on any atom is -0.307 e. The molecule has 3 heterocycles. The van der Waals surface area contributed by atoms with Gasteiger partial charge in [0, 0.05) is 16.8 Å². The second-order valence-corrected chi connectivity index (χ2v) is 8.54. The fourth-order valence-corrected chi connectivity index (χ4v) is 5.13. The van der Waals surface area contributed by atoms with E-state index in [0.717, 1.165) is 21.8 Å². The number of fused-ring (bicyclic) bond motifs is 5. The van der Waals surface area contributed by atoms with Gasteiger partial charge in [-0.05, 0) is 85.7 Å². The van der Waals surface area contributed by atoms with Gasteiger partial charge in [0.15, 0.2) is 6.20 Å². The van der Waals surface area contributed by atoms with Crippen LogP contribution in [0.5, 0.6) is 0 Å². The third kappa shape index (κ3) is 1.93. The molecular formula is C26H22FN2+. The highest BCUT2D eigenvalue weighted by molar-refractivity contribution is 6.26. The first-order chi connectivity index (χ1) is 13.9. The molecule has 6 aromatic rings. The van der Waals surface area contributed by atoms with E-state index in [1.54, 1.807) is 12.1 Å². The van der Waals surface area contributed by atoms with Crippen molar-refractivity contribution in [3.63, 3.8) is 0 Å². The van der Waals surface area contributed by atoms with E-state index in [4.69, 9.17) is 0 Å². The zero-order chi connectivity index (χ0) is 20.2. The Morgan fingerprint density at radius 1 is 0.793 bits per heavy atom. The Labute approximate surface area is 168 Å². The standard InChI is InChI=1S/C26H22FN2/c1-13-8-19-20-9-15(3)16(4)23-25(20)29(21(19)10-14(13)2)22-12-18(27)11-17-6-7-28(5)26(23)24(17)22/h6-12H,1-5H3/q+1. The maximum absolute atomic E-state index is 14.7. The summed E-state index contributed by atoms with van der Waals surface area (Å²) >= 11 is 0. The summed E-state index contributed by atoms with van der Waals surface area (Å²) in [6, 6.07) is 12.2. The Balaban J connectivity index is 2.14. The lowest BCUT2D eigenvalue weighted by molar-refractivity contribution is -0.643. The van der Waals surface area contributed by atoms with Gasteiger partial charge in [-0.2, -0.15) is 0 Å². The van der Waals surface area contributed by atoms with Crippen LogP contribution in [-0.4, -0.2) is 4.40 Å². The highest BCUT2D eigenvalue weighted by Gasteiger charge is 2.25. The van der Waals surface area contributed by atoms with Crippen LogP contribution in [0.4, 0.5) is 4.39 Å². The van der Waals surface area contributed by atoms with E-state index in [1.165, 1.54) is 49.4 Å². The van der Waals surface area contributed by atoms with E-state index in [0.29, 0.717) is 0 Å². The predicted octanol–water partition coefficient (Wildman–Crippen LogP) is 6.19. The summed E-state index contributed by atoms with van der Waals surface area (Å²) in [5.41, 5.74) is 9.55. The zero-order valence-electron chi connectivity index (χ0n) is 17.3. The van der Waals surface area contributed by atoms with Gasteiger partial charge in [0.1, 0.15) is 12.9 Å². The van der Waals surface area contributed by atoms with Gasteiger partial charge in [-0.15, -0.1) is 0 Å². The summed E-state index contributed by atoms with van der Waals surface area (Å²) in [6.07, 6.45) is 2.04. The molecule has 3 heteroatoms. The van der Waals surface area contributed by atoms with Crippen molar-refractivity contribution < 1.29 is 8.96 Å². The summed E-state index contributed by atoms with van der Waals surface area (Å²) in [5.74, 6) is -0.196. The number of aromatic nitrogens is 2. The van der Waals surface area contributed by atoms with Crippen molar-refractivity contribution in [2.75, 3.05) is 0 Å². The number of benzene rings is 3. The minimum atomic E-state index is -0.196. The topological polar surface area (TPSA) is 8.29 Å². The van der Waals surface area contributed by atoms with Crippen LogP contribution in [0.1, 0.15) is 22.3 Å². The summed E-state index contributed by atoms with van der Waals surface area (Å²) < 4.78 is 19.1. The number of aryl methyl sites for hydroxylation is 5. The van der Waals surface area contributed by atoms with Crippen LogP contribution in [0, 0.1) is 33.5 Å². The van der Waals surface area contributed by atoms with Gasteiger partial charge in [-0.1, -0.05) is 0 Å². The molecular weight excluding hydrogens is 359 g/mol. The highest BCUT2D eigenvalue weighted by Crippen LogP contribution is 2.42. The molecule has 0 amide bonds. The molecule has 0 fully saturated rings. The summed E-state index contributed by atoms with van der Waals surface area (Å²) in [5, 5.41) is 5.81. The fraction of sp³-hybridized carbons (Fsp3) is 0.192. The number of halogens is 1. The Hall–Kier alpha value is -3.20. The van der Waals surface area contributed by atoms with Crippen LogP contribution in [0.25, 0.3) is 49.0 Å². The Morgan fingerprint density at radius 3 is 2.31 bits per heavy atom. The monoisotopic (exact) mass is 381 g/mol. The van der Waals surface area contributed by atoms with E-state index in [9.17, 15) is 4.39 Å². The first-order valence-electron chi connectivity index (χ1n) is 10.0. The predicted molar refractivity (Wildman–Crippen MR) is 119 cm³/mol. The quantitative estimate of drug-likeness (QED) is 0.168. The van der Waals surface area contributed by atoms with Crippen LogP contribution in [0.15, 0.2) is 42.6 Å². The number of nitrogens with zero attached hydrogens (tertiary/aromatic N) is 2. The molecule has 142 valence electrons. The normalized spacial score (nSPS) is 12.5. The molecule has 0 unspecified atom stereocenters. The molecule has 0 N–H and O–H groups in total. The minimum absolute atomic E-state index is 0.196. The molecule has 29 heavy (non-hydrogen) atoms. The molecule has 3 aromatic heterocycles. The van der Waals surface area contributed by atoms with E-state index in [2.05, 4.69) is 61.9 Å². The molecule has 0 saturated heterocycles. The summed E-state index contributed by atoms with van der Waals surface area (Å²) in [4.78, 5) is 0. The van der Waals surface area contributed by atoms with Crippen LogP contribution in [-0.2, 0) is 7.05 Å². The molecule has 0 spiro atoms. The van der Waals surface area contributed by atoms with Gasteiger partial charge in [-0.3, -0.25) is 0 Å². The number of rotatable bonds is 0. The lowest BCUT2D eigenvalue weighted by Crippen LogP contribution is -2.29. The number of hydrogen-bond acceptors (Lipinski definition) is 0. The molecule has 6 rings (SSSR count). The van der Waals surface area contributed by atoms with Gasteiger partial charge < -0.3 is 4.40 Å². The number of pyridine rings is 2. The lowest BCUT2D eigenvalue weighted by Gasteiger charge is -2.14. The van der Waals surface area contributed by atoms with Crippen LogP contribution in [0.2, 0.25) is 0 Å². The average molecular weight is 381 g/mol. The fourth-order valence-electron chi connectivity index (χ4n) is 5.13. The highest BCUT2D eigenvalue weighted by atomic mass is 19.1. The molecule has 0 atom stereocenters. The first kappa shape index (κ1) is 16.7. The second-order valence-electron chi connectivity index (χ2n) is 8.54. The van der Waals surface area contributed by atoms with Crippen molar-refractivity contribution in [3.8, 4) is 0 Å². The number of hydrogen-bond donors (Lipinski definition) is 0. The van der Waals surface area contributed by atoms with Gasteiger partial charge in [0.05, 0.1) is 27.3 Å². The summed E-state index contributed by atoms with van der Waals surface area (Å²) in [7, 11) is 2.09. The molecule has 0 saturated carbocycles. The van der Waals surface area contributed by atoms with Gasteiger partial charge in [0.25, 0.3) is 0 Å². The molecule has 0 aliphatic carbocycles. The average Bonchev–Trinajstić information content (AvgIpc) is 2.97. The van der Waals surface area contributed by atoms with Gasteiger partial charge in [-0.25, -0.2) is 8.96 Å². The van der Waals surface area contributed by atoms with Crippen molar-refractivity contribution in [1.29, 1.82) is 0 Å². The molecule has 0 bridgehead atoms. The van der Waals surface area contributed by atoms with E-state index in [1.807, 2.05) is 12.3 Å². The van der Waals surface area contributed by atoms with Crippen molar-refractivity contribution in [2.45, 2.75) is 27.7 Å². The van der Waals surface area contributed by atoms with Crippen LogP contribution >= 0.6 is 0 Å². The zero-order valence-corrected chi connectivity index (χ0v) is 17.3. The largest absolute Gasteiger partial charge is 0.307 e. The van der Waals surface area contributed by atoms with Gasteiger partial charge in [0.2, 0.25) is 5.52 Å². The smallest absolute Gasteiger partial charge is 0.224 e. The van der Waals surface area contributed by atoms with E-state index < -0.39 is 0 Å². The second kappa shape index (κ2) is 5.24. The van der Waals surface area contributed by atoms with Crippen LogP contribution in [0.3, 0.4) is 0 Å². The molecule has 0 radical (unpaired) electrons. The van der Waals surface area contributed by atoms with Crippen molar-refractivity contribution in [2.24, 2.45) is 7.05 Å². The van der Waals surface area contributed by atoms with Crippen molar-refractivity contribution in [1.82, 2.24) is 4.40 Å². The lowest BCUT2D eigenvalue weighted by atomic mass is 9.96. The molecule has 0 aliphatic heterocycles. The summed E-state index contributed by atoms with van der Waals surface area (Å²) in [6.45, 7) is 8.70. The maximum atomic E-state index is 14.7. The van der Waals surface area contributed by atoms with Crippen molar-refractivity contribution >= 4 is 49.0 Å². The van der Waals surface area contributed by atoms with Crippen molar-refractivity contribution in [3.05, 3.63) is 70.7 Å². The molecule has 0 aliphatic rings. The Kier molecular flexibility index (Phi) is 3.02. The van der Waals surface area contributed by atoms with E-state index >= 15 is 0 Å². The third-order valence-electron chi connectivity index (χ3n) is 6.84. The Bertz CT molecular complexity index is 1650. The van der Waals surface area contributed by atoms with Crippen LogP contribution < -0.4 is 4.57 Å². The molecule has 2 nitrogen and oxygen atoms in total. The first-order valence-corrected chi connectivity index (χ1v) is 10.0. The SMILES string of the molecule is Cc1cc2c3cc(C)c(C)c4c3n(c2cc1C)c1cc(F)cc2cc[n+](C)c4c21. The Morgan fingerprint density at radius 2 is 1.52 bits per heavy atom.